The van der Waals surface area contributed by atoms with Crippen molar-refractivity contribution >= 4 is 17.5 Å². The normalized spacial score (nSPS) is 10.3. The summed E-state index contributed by atoms with van der Waals surface area (Å²) in [6.45, 7) is 3.16. The summed E-state index contributed by atoms with van der Waals surface area (Å²) >= 11 is 0. The highest BCUT2D eigenvalue weighted by atomic mass is 16.6. The van der Waals surface area contributed by atoms with Crippen LogP contribution in [0.5, 0.6) is 0 Å². The van der Waals surface area contributed by atoms with Gasteiger partial charge in [-0.05, 0) is 19.9 Å². The molecule has 0 saturated carbocycles. The van der Waals surface area contributed by atoms with Crippen LogP contribution in [0.4, 0.5) is 5.69 Å². The molecule has 94 valence electrons. The van der Waals surface area contributed by atoms with Crippen LogP contribution in [0.1, 0.15) is 23.0 Å². The van der Waals surface area contributed by atoms with Gasteiger partial charge in [-0.2, -0.15) is 0 Å². The van der Waals surface area contributed by atoms with Gasteiger partial charge in [-0.3, -0.25) is 30.0 Å². The predicted molar refractivity (Wildman–Crippen MR) is 62.9 cm³/mol. The highest BCUT2D eigenvalue weighted by Crippen LogP contribution is 2.14. The fraction of sp³-hybridized carbons (Fsp3) is 0.182. The Morgan fingerprint density at radius 3 is 2.72 bits per heavy atom. The zero-order chi connectivity index (χ0) is 13.7. The van der Waals surface area contributed by atoms with Crippen LogP contribution in [0.2, 0.25) is 0 Å². The number of pyridine rings is 1. The van der Waals surface area contributed by atoms with Crippen LogP contribution in [-0.2, 0) is 4.79 Å². The van der Waals surface area contributed by atoms with Gasteiger partial charge < -0.3 is 0 Å². The quantitative estimate of drug-likeness (QED) is 0.491. The van der Waals surface area contributed by atoms with Crippen molar-refractivity contribution in [3.8, 4) is 0 Å². The molecule has 0 aromatic carbocycles. The first-order valence-corrected chi connectivity index (χ1v) is 5.04. The molecule has 1 aromatic rings. The standard InChI is InChI=1S/C11H11N3O4/c1-3-4-10(15)13-11(16)9-5-8(14(17)18)6-12-7(9)2/h3-6H,1-2H3,(H,13,15,16). The van der Waals surface area contributed by atoms with Crippen molar-refractivity contribution in [2.45, 2.75) is 13.8 Å². The molecule has 0 bridgehead atoms. The Morgan fingerprint density at radius 2 is 2.17 bits per heavy atom. The SMILES string of the molecule is CC=CC(=O)NC(=O)c1cc([N+](=O)[O-])cnc1C. The van der Waals surface area contributed by atoms with Gasteiger partial charge in [-0.25, -0.2) is 0 Å². The largest absolute Gasteiger partial charge is 0.289 e. The molecule has 7 nitrogen and oxygen atoms in total. The van der Waals surface area contributed by atoms with E-state index in [0.717, 1.165) is 12.3 Å². The van der Waals surface area contributed by atoms with Crippen molar-refractivity contribution in [2.24, 2.45) is 0 Å². The molecule has 0 aliphatic carbocycles. The first-order valence-electron chi connectivity index (χ1n) is 5.04. The summed E-state index contributed by atoms with van der Waals surface area (Å²) in [5.74, 6) is -1.31. The minimum absolute atomic E-state index is 0.00190. The van der Waals surface area contributed by atoms with Crippen LogP contribution in [0.15, 0.2) is 24.4 Å². The van der Waals surface area contributed by atoms with Gasteiger partial charge in [-0.15, -0.1) is 0 Å². The summed E-state index contributed by atoms with van der Waals surface area (Å²) in [7, 11) is 0. The highest BCUT2D eigenvalue weighted by Gasteiger charge is 2.16. The second-order valence-corrected chi connectivity index (χ2v) is 3.40. The molecule has 0 fully saturated rings. The van der Waals surface area contributed by atoms with E-state index in [1.165, 1.54) is 19.1 Å². The number of carbonyl (C=O) groups is 2. The topological polar surface area (TPSA) is 102 Å². The zero-order valence-electron chi connectivity index (χ0n) is 9.84. The number of nitrogens with one attached hydrogen (secondary N) is 1. The van der Waals surface area contributed by atoms with Gasteiger partial charge in [0.25, 0.3) is 11.6 Å². The van der Waals surface area contributed by atoms with Crippen molar-refractivity contribution in [2.75, 3.05) is 0 Å². The average molecular weight is 249 g/mol. The van der Waals surface area contributed by atoms with Crippen LogP contribution in [0, 0.1) is 17.0 Å². The van der Waals surface area contributed by atoms with Gasteiger partial charge in [0.15, 0.2) is 0 Å². The lowest BCUT2D eigenvalue weighted by Gasteiger charge is -2.04. The van der Waals surface area contributed by atoms with E-state index < -0.39 is 16.7 Å². The molecule has 18 heavy (non-hydrogen) atoms. The Kier molecular flexibility index (Phi) is 4.25. The van der Waals surface area contributed by atoms with Crippen LogP contribution in [0.3, 0.4) is 0 Å². The second-order valence-electron chi connectivity index (χ2n) is 3.40. The lowest BCUT2D eigenvalue weighted by atomic mass is 10.2. The lowest BCUT2D eigenvalue weighted by Crippen LogP contribution is -2.29. The van der Waals surface area contributed by atoms with Crippen molar-refractivity contribution in [3.05, 3.63) is 45.8 Å². The van der Waals surface area contributed by atoms with E-state index >= 15 is 0 Å². The molecule has 0 saturated heterocycles. The van der Waals surface area contributed by atoms with E-state index in [1.54, 1.807) is 6.92 Å². The van der Waals surface area contributed by atoms with E-state index in [0.29, 0.717) is 5.69 Å². The zero-order valence-corrected chi connectivity index (χ0v) is 9.84. The number of nitrogens with zero attached hydrogens (tertiary/aromatic N) is 2. The molecule has 1 aromatic heterocycles. The third-order valence-corrected chi connectivity index (χ3v) is 2.08. The molecule has 0 aliphatic heterocycles. The van der Waals surface area contributed by atoms with Crippen molar-refractivity contribution in [1.82, 2.24) is 10.3 Å². The number of carbonyl (C=O) groups excluding carboxylic acids is 2. The Morgan fingerprint density at radius 1 is 1.50 bits per heavy atom. The van der Waals surface area contributed by atoms with Crippen LogP contribution >= 0.6 is 0 Å². The molecule has 7 heteroatoms. The Labute approximate surface area is 103 Å². The third kappa shape index (κ3) is 3.21. The summed E-state index contributed by atoms with van der Waals surface area (Å²) in [5.41, 5.74) is 0.0117. The number of amides is 2. The number of hydrogen-bond acceptors (Lipinski definition) is 5. The van der Waals surface area contributed by atoms with Crippen molar-refractivity contribution in [3.63, 3.8) is 0 Å². The van der Waals surface area contributed by atoms with Crippen molar-refractivity contribution < 1.29 is 14.5 Å². The molecule has 0 atom stereocenters. The van der Waals surface area contributed by atoms with E-state index in [2.05, 4.69) is 10.3 Å². The van der Waals surface area contributed by atoms with Gasteiger partial charge in [-0.1, -0.05) is 6.08 Å². The van der Waals surface area contributed by atoms with Crippen molar-refractivity contribution in [1.29, 1.82) is 0 Å². The lowest BCUT2D eigenvalue weighted by molar-refractivity contribution is -0.385. The number of aryl methyl sites for hydroxylation is 1. The van der Waals surface area contributed by atoms with E-state index in [1.807, 2.05) is 0 Å². The molecule has 0 aliphatic rings. The van der Waals surface area contributed by atoms with E-state index in [4.69, 9.17) is 0 Å². The summed E-state index contributed by atoms with van der Waals surface area (Å²) in [6.07, 6.45) is 3.71. The van der Waals surface area contributed by atoms with Gasteiger partial charge in [0.05, 0.1) is 16.2 Å². The molecule has 1 heterocycles. The molecule has 2 amide bonds. The number of imide groups is 1. The molecule has 1 N–H and O–H groups in total. The molecular formula is C11H11N3O4. The van der Waals surface area contributed by atoms with Crippen LogP contribution < -0.4 is 5.32 Å². The Balaban J connectivity index is 3.01. The predicted octanol–water partition coefficient (Wildman–Crippen LogP) is 1.13. The van der Waals surface area contributed by atoms with Gasteiger partial charge in [0.1, 0.15) is 6.20 Å². The average Bonchev–Trinajstić information content (AvgIpc) is 2.29. The number of hydrogen-bond donors (Lipinski definition) is 1. The molecular weight excluding hydrogens is 238 g/mol. The fourth-order valence-corrected chi connectivity index (χ4v) is 1.22. The van der Waals surface area contributed by atoms with Gasteiger partial charge in [0, 0.05) is 6.07 Å². The van der Waals surface area contributed by atoms with E-state index in [9.17, 15) is 19.7 Å². The number of aromatic nitrogens is 1. The number of nitro groups is 1. The Hall–Kier alpha value is -2.57. The van der Waals surface area contributed by atoms with Crippen LogP contribution in [-0.4, -0.2) is 21.7 Å². The van der Waals surface area contributed by atoms with E-state index in [-0.39, 0.29) is 11.3 Å². The highest BCUT2D eigenvalue weighted by molar-refractivity contribution is 6.08. The maximum Gasteiger partial charge on any atom is 0.288 e. The van der Waals surface area contributed by atoms with Gasteiger partial charge >= 0.3 is 0 Å². The van der Waals surface area contributed by atoms with Crippen LogP contribution in [0.25, 0.3) is 0 Å². The molecule has 0 radical (unpaired) electrons. The van der Waals surface area contributed by atoms with Gasteiger partial charge in [0.2, 0.25) is 5.91 Å². The summed E-state index contributed by atoms with van der Waals surface area (Å²) in [6, 6.07) is 1.08. The number of rotatable bonds is 3. The first-order chi connectivity index (χ1) is 8.45. The monoisotopic (exact) mass is 249 g/mol. The maximum absolute atomic E-state index is 11.7. The summed E-state index contributed by atoms with van der Waals surface area (Å²) < 4.78 is 0. The molecule has 0 spiro atoms. The maximum atomic E-state index is 11.7. The summed E-state index contributed by atoms with van der Waals surface area (Å²) in [4.78, 5) is 36.5. The minimum atomic E-state index is -0.716. The smallest absolute Gasteiger partial charge is 0.288 e. The summed E-state index contributed by atoms with van der Waals surface area (Å²) in [5, 5.41) is 12.6. The number of allylic oxidation sites excluding steroid dienone is 1. The molecule has 0 unspecified atom stereocenters. The third-order valence-electron chi connectivity index (χ3n) is 2.08. The Bertz CT molecular complexity index is 537. The second kappa shape index (κ2) is 5.67. The first kappa shape index (κ1) is 13.5. The molecule has 1 rings (SSSR count). The minimum Gasteiger partial charge on any atom is -0.289 e. The fourth-order valence-electron chi connectivity index (χ4n) is 1.22.